The summed E-state index contributed by atoms with van der Waals surface area (Å²) in [5, 5.41) is 12.1. The van der Waals surface area contributed by atoms with Gasteiger partial charge >= 0.3 is 11.9 Å². The molecule has 2 bridgehead atoms. The number of thiophene rings is 1. The highest BCUT2D eigenvalue weighted by atomic mass is 35.5. The highest BCUT2D eigenvalue weighted by Gasteiger charge is 2.85. The van der Waals surface area contributed by atoms with Crippen LogP contribution in [0.4, 0.5) is 5.00 Å². The fourth-order valence-electron chi connectivity index (χ4n) is 4.70. The van der Waals surface area contributed by atoms with Crippen molar-refractivity contribution in [1.82, 2.24) is 0 Å². The van der Waals surface area contributed by atoms with Crippen LogP contribution in [0, 0.1) is 18.8 Å². The van der Waals surface area contributed by atoms with Crippen LogP contribution in [0.3, 0.4) is 0 Å². The Hall–Kier alpha value is -1.19. The number of methoxy groups -OCH3 is 1. The Morgan fingerprint density at radius 1 is 1.00 bits per heavy atom. The first-order chi connectivity index (χ1) is 16.3. The van der Waals surface area contributed by atoms with Gasteiger partial charge in [-0.3, -0.25) is 9.59 Å². The number of rotatable bonds is 5. The molecule has 4 rings (SSSR count). The number of esters is 1. The molecule has 0 radical (unpaired) electrons. The lowest BCUT2D eigenvalue weighted by molar-refractivity contribution is -0.146. The van der Waals surface area contributed by atoms with Gasteiger partial charge in [0.05, 0.1) is 29.0 Å². The van der Waals surface area contributed by atoms with E-state index in [1.807, 2.05) is 6.07 Å². The Labute approximate surface area is 234 Å². The summed E-state index contributed by atoms with van der Waals surface area (Å²) < 4.78 is 2.71. The smallest absolute Gasteiger partial charge is 0.341 e. The van der Waals surface area contributed by atoms with Crippen LogP contribution in [-0.2, 0) is 14.3 Å². The third-order valence-electron chi connectivity index (χ3n) is 6.26. The molecule has 0 unspecified atom stereocenters. The summed E-state index contributed by atoms with van der Waals surface area (Å²) in [7, 11) is 1.21. The Balaban J connectivity index is 1.84. The van der Waals surface area contributed by atoms with E-state index in [2.05, 4.69) is 5.32 Å². The molecule has 1 amide bonds. The van der Waals surface area contributed by atoms with Crippen LogP contribution in [-0.4, -0.2) is 44.1 Å². The van der Waals surface area contributed by atoms with Gasteiger partial charge in [0.1, 0.15) is 20.3 Å². The number of amides is 1. The van der Waals surface area contributed by atoms with E-state index in [0.29, 0.717) is 10.4 Å². The molecule has 0 aliphatic heterocycles. The SMILES string of the molecule is COC(=O)c1c(NC(=O)[C@H]2[C@H](C(=O)O)[C@]3(Cl)C(Cl)=C(Cl)[C@]2(Cl)C3(Cl)Cl)sc(C)c1-c1ccccc1. The molecule has 35 heavy (non-hydrogen) atoms. The number of aliphatic carboxylic acids is 1. The van der Waals surface area contributed by atoms with Gasteiger partial charge in [-0.2, -0.15) is 0 Å². The lowest BCUT2D eigenvalue weighted by atomic mass is 9.81. The number of carboxylic acid groups (broad SMARTS) is 1. The number of anilines is 1. The molecule has 1 aromatic carbocycles. The molecule has 0 saturated heterocycles. The Kier molecular flexibility index (Phi) is 6.89. The second-order valence-electron chi connectivity index (χ2n) is 8.00. The first-order valence-corrected chi connectivity index (χ1v) is 13.0. The van der Waals surface area contributed by atoms with Crippen molar-refractivity contribution in [2.24, 2.45) is 11.8 Å². The molecule has 2 aromatic rings. The Bertz CT molecular complexity index is 1290. The van der Waals surface area contributed by atoms with Crippen molar-refractivity contribution in [1.29, 1.82) is 0 Å². The fraction of sp³-hybridized carbons (Fsp3) is 0.318. The molecule has 13 heteroatoms. The predicted molar refractivity (Wildman–Crippen MR) is 139 cm³/mol. The van der Waals surface area contributed by atoms with E-state index in [4.69, 9.17) is 74.3 Å². The van der Waals surface area contributed by atoms with Crippen LogP contribution in [0.1, 0.15) is 15.2 Å². The largest absolute Gasteiger partial charge is 0.481 e. The molecule has 1 saturated carbocycles. The van der Waals surface area contributed by atoms with Gasteiger partial charge in [0, 0.05) is 10.4 Å². The molecular weight excluding hydrogens is 603 g/mol. The van der Waals surface area contributed by atoms with Crippen LogP contribution in [0.5, 0.6) is 0 Å². The third kappa shape index (κ3) is 3.46. The van der Waals surface area contributed by atoms with E-state index >= 15 is 0 Å². The zero-order valence-electron chi connectivity index (χ0n) is 17.8. The van der Waals surface area contributed by atoms with Crippen molar-refractivity contribution in [2.75, 3.05) is 12.4 Å². The molecule has 1 fully saturated rings. The zero-order valence-corrected chi connectivity index (χ0v) is 23.1. The quantitative estimate of drug-likeness (QED) is 0.291. The van der Waals surface area contributed by atoms with Crippen molar-refractivity contribution < 1.29 is 24.2 Å². The minimum atomic E-state index is -2.24. The van der Waals surface area contributed by atoms with Crippen molar-refractivity contribution >= 4 is 104 Å². The minimum absolute atomic E-state index is 0.0940. The summed E-state index contributed by atoms with van der Waals surface area (Å²) >= 11 is 39.9. The first kappa shape index (κ1) is 26.9. The lowest BCUT2D eigenvalue weighted by Gasteiger charge is -2.33. The number of aryl methyl sites for hydroxylation is 1. The number of halogens is 6. The molecule has 2 aliphatic rings. The number of nitrogens with one attached hydrogen (secondary N) is 1. The molecule has 1 heterocycles. The van der Waals surface area contributed by atoms with E-state index < -0.39 is 43.8 Å². The Morgan fingerprint density at radius 3 is 2.06 bits per heavy atom. The molecule has 2 aliphatic carbocycles. The second kappa shape index (κ2) is 8.98. The maximum atomic E-state index is 13.6. The van der Waals surface area contributed by atoms with Gasteiger partial charge in [0.25, 0.3) is 0 Å². The highest BCUT2D eigenvalue weighted by molar-refractivity contribution is 7.17. The van der Waals surface area contributed by atoms with E-state index in [0.717, 1.165) is 16.9 Å². The third-order valence-corrected chi connectivity index (χ3v) is 11.5. The van der Waals surface area contributed by atoms with Crippen LogP contribution in [0.25, 0.3) is 11.1 Å². The molecule has 1 aromatic heterocycles. The van der Waals surface area contributed by atoms with E-state index in [-0.39, 0.29) is 20.6 Å². The molecular formula is C22H15Cl6NO5S. The van der Waals surface area contributed by atoms with Gasteiger partial charge in [-0.05, 0) is 12.5 Å². The summed E-state index contributed by atoms with van der Waals surface area (Å²) in [4.78, 5) is 35.0. The van der Waals surface area contributed by atoms with Gasteiger partial charge in [-0.25, -0.2) is 4.79 Å². The number of hydrogen-bond acceptors (Lipinski definition) is 5. The average Bonchev–Trinajstić information content (AvgIpc) is 3.24. The van der Waals surface area contributed by atoms with Crippen molar-refractivity contribution in [2.45, 2.75) is 21.0 Å². The summed E-state index contributed by atoms with van der Waals surface area (Å²) in [6.45, 7) is 1.77. The van der Waals surface area contributed by atoms with Crippen LogP contribution >= 0.6 is 80.9 Å². The zero-order chi connectivity index (χ0) is 26.1. The van der Waals surface area contributed by atoms with Gasteiger partial charge in [-0.15, -0.1) is 34.5 Å². The van der Waals surface area contributed by atoms with Gasteiger partial charge in [0.15, 0.2) is 4.33 Å². The van der Waals surface area contributed by atoms with Gasteiger partial charge < -0.3 is 15.2 Å². The van der Waals surface area contributed by atoms with Crippen LogP contribution in [0.2, 0.25) is 0 Å². The summed E-state index contributed by atoms with van der Waals surface area (Å²) in [6, 6.07) is 9.02. The van der Waals surface area contributed by atoms with E-state index in [1.165, 1.54) is 7.11 Å². The Morgan fingerprint density at radius 2 is 1.54 bits per heavy atom. The number of hydrogen-bond donors (Lipinski definition) is 2. The predicted octanol–water partition coefficient (Wildman–Crippen LogP) is 6.61. The van der Waals surface area contributed by atoms with Crippen molar-refractivity contribution in [3.63, 3.8) is 0 Å². The standard InChI is InChI=1S/C22H15Cl6NO5S/c1-8-10(9-6-4-3-5-7-9)11(19(33)34-2)17(35-8)29-16(30)12-13(18(31)32)21(26)15(24)14(23)20(12,25)22(21,27)28/h3-7,12-13H,1-2H3,(H,29,30)(H,31,32)/t12-,13-,20+,21+/m1/s1. The number of fused-ring (bicyclic) bond motifs is 2. The molecule has 6 nitrogen and oxygen atoms in total. The first-order valence-electron chi connectivity index (χ1n) is 9.89. The molecule has 186 valence electrons. The number of carboxylic acids is 1. The number of carbonyl (C=O) groups is 3. The summed E-state index contributed by atoms with van der Waals surface area (Å²) in [5.74, 6) is -6.49. The monoisotopic (exact) mass is 615 g/mol. The average molecular weight is 618 g/mol. The number of carbonyl (C=O) groups excluding carboxylic acids is 2. The van der Waals surface area contributed by atoms with Crippen LogP contribution < -0.4 is 5.32 Å². The normalized spacial score (nSPS) is 28.8. The van der Waals surface area contributed by atoms with Gasteiger partial charge in [0.2, 0.25) is 5.91 Å². The topological polar surface area (TPSA) is 92.7 Å². The summed E-state index contributed by atoms with van der Waals surface area (Å²) in [6.07, 6.45) is 0. The van der Waals surface area contributed by atoms with Crippen LogP contribution in [0.15, 0.2) is 40.4 Å². The molecule has 0 spiro atoms. The maximum absolute atomic E-state index is 13.6. The molecule has 2 N–H and O–H groups in total. The van der Waals surface area contributed by atoms with E-state index in [1.54, 1.807) is 31.2 Å². The highest BCUT2D eigenvalue weighted by Crippen LogP contribution is 2.76. The fourth-order valence-corrected chi connectivity index (χ4v) is 8.70. The van der Waals surface area contributed by atoms with E-state index in [9.17, 15) is 19.5 Å². The van der Waals surface area contributed by atoms with Gasteiger partial charge in [-0.1, -0.05) is 76.7 Å². The molecule has 4 atom stereocenters. The lowest BCUT2D eigenvalue weighted by Crippen LogP contribution is -2.47. The van der Waals surface area contributed by atoms with Crippen molar-refractivity contribution in [3.05, 3.63) is 50.8 Å². The number of alkyl halides is 4. The number of allylic oxidation sites excluding steroid dienone is 2. The number of ether oxygens (including phenoxy) is 1. The minimum Gasteiger partial charge on any atom is -0.481 e. The second-order valence-corrected chi connectivity index (χ2v) is 12.5. The summed E-state index contributed by atoms with van der Waals surface area (Å²) in [5.41, 5.74) is 1.37. The number of benzene rings is 1. The maximum Gasteiger partial charge on any atom is 0.341 e. The van der Waals surface area contributed by atoms with Crippen molar-refractivity contribution in [3.8, 4) is 11.1 Å².